The van der Waals surface area contributed by atoms with Crippen molar-refractivity contribution in [2.24, 2.45) is 0 Å². The molecule has 0 saturated carbocycles. The number of fused-ring (bicyclic) bond motifs is 2. The van der Waals surface area contributed by atoms with E-state index in [1.807, 2.05) is 31.7 Å². The number of aliphatic carboxylic acids is 1. The molecule has 1 aromatic carbocycles. The molecule has 4 heterocycles. The number of H-pyrrole nitrogens is 1. The normalized spacial score (nSPS) is 21.6. The number of carbonyl (C=O) groups excluding carboxylic acids is 1. The number of benzene rings is 1. The molecule has 0 bridgehead atoms. The highest BCUT2D eigenvalue weighted by Crippen LogP contribution is 2.38. The van der Waals surface area contributed by atoms with Crippen molar-refractivity contribution in [1.82, 2.24) is 19.7 Å². The molecule has 2 atom stereocenters. The summed E-state index contributed by atoms with van der Waals surface area (Å²) in [6.07, 6.45) is 1.17. The Kier molecular flexibility index (Phi) is 5.79. The van der Waals surface area contributed by atoms with Gasteiger partial charge in [-0.15, -0.1) is 0 Å². The zero-order chi connectivity index (χ0) is 26.5. The number of rotatable bonds is 5. The summed E-state index contributed by atoms with van der Waals surface area (Å²) in [4.78, 5) is 41.6. The third-order valence-electron chi connectivity index (χ3n) is 7.14. The maximum atomic E-state index is 12.9. The van der Waals surface area contributed by atoms with Gasteiger partial charge in [-0.2, -0.15) is 10.4 Å². The Labute approximate surface area is 212 Å². The Morgan fingerprint density at radius 2 is 2.14 bits per heavy atom. The molecule has 1 saturated heterocycles. The molecule has 37 heavy (non-hydrogen) atoms. The number of ether oxygens (including phenoxy) is 1. The lowest BCUT2D eigenvalue weighted by Gasteiger charge is -2.38. The maximum Gasteiger partial charge on any atom is 0.332 e. The molecule has 11 heteroatoms. The van der Waals surface area contributed by atoms with Crippen LogP contribution in [0.4, 0.5) is 11.5 Å². The Hall–Kier alpha value is -4.17. The van der Waals surface area contributed by atoms with Gasteiger partial charge in [0, 0.05) is 29.5 Å². The van der Waals surface area contributed by atoms with E-state index >= 15 is 0 Å². The average Bonchev–Trinajstić information content (AvgIpc) is 3.38. The van der Waals surface area contributed by atoms with E-state index in [9.17, 15) is 24.8 Å². The van der Waals surface area contributed by atoms with Crippen LogP contribution in [-0.4, -0.2) is 54.9 Å². The average molecular weight is 505 g/mol. The van der Waals surface area contributed by atoms with Crippen molar-refractivity contribution in [2.45, 2.75) is 63.8 Å². The van der Waals surface area contributed by atoms with E-state index in [1.165, 1.54) is 6.20 Å². The van der Waals surface area contributed by atoms with Crippen LogP contribution in [0.5, 0.6) is 0 Å². The summed E-state index contributed by atoms with van der Waals surface area (Å²) in [6, 6.07) is 9.31. The van der Waals surface area contributed by atoms with Crippen LogP contribution in [0.25, 0.3) is 10.9 Å². The highest BCUT2D eigenvalue weighted by atomic mass is 16.5. The minimum absolute atomic E-state index is 0.0179. The van der Waals surface area contributed by atoms with Crippen LogP contribution in [0.2, 0.25) is 0 Å². The molecule has 3 aromatic rings. The number of aromatic amines is 1. The van der Waals surface area contributed by atoms with Gasteiger partial charge in [0.15, 0.2) is 11.9 Å². The molecule has 2 aliphatic heterocycles. The largest absolute Gasteiger partial charge is 0.479 e. The number of hydrogen-bond donors (Lipinski definition) is 3. The van der Waals surface area contributed by atoms with E-state index in [-0.39, 0.29) is 36.5 Å². The summed E-state index contributed by atoms with van der Waals surface area (Å²) >= 11 is 0. The van der Waals surface area contributed by atoms with E-state index in [0.717, 1.165) is 5.56 Å². The van der Waals surface area contributed by atoms with Crippen LogP contribution >= 0.6 is 0 Å². The fourth-order valence-electron chi connectivity index (χ4n) is 5.14. The lowest BCUT2D eigenvalue weighted by atomic mass is 9.87. The van der Waals surface area contributed by atoms with Crippen molar-refractivity contribution in [1.29, 1.82) is 5.26 Å². The molecule has 2 unspecified atom stereocenters. The summed E-state index contributed by atoms with van der Waals surface area (Å²) in [6.45, 7) is 6.43. The van der Waals surface area contributed by atoms with Crippen LogP contribution in [0.15, 0.2) is 35.3 Å². The summed E-state index contributed by atoms with van der Waals surface area (Å²) in [5.74, 6) is -0.767. The number of hydrogen-bond acceptors (Lipinski definition) is 7. The van der Waals surface area contributed by atoms with E-state index < -0.39 is 17.6 Å². The first kappa shape index (κ1) is 24.5. The molecule has 3 N–H and O–H groups in total. The summed E-state index contributed by atoms with van der Waals surface area (Å²) in [7, 11) is 0. The number of aromatic nitrogens is 3. The second kappa shape index (κ2) is 8.74. The monoisotopic (exact) mass is 504 g/mol. The van der Waals surface area contributed by atoms with Gasteiger partial charge in [0.1, 0.15) is 5.39 Å². The van der Waals surface area contributed by atoms with Gasteiger partial charge < -0.3 is 25.0 Å². The van der Waals surface area contributed by atoms with Gasteiger partial charge >= 0.3 is 5.97 Å². The summed E-state index contributed by atoms with van der Waals surface area (Å²) in [5, 5.41) is 27.2. The smallest absolute Gasteiger partial charge is 0.332 e. The van der Waals surface area contributed by atoms with E-state index in [4.69, 9.17) is 9.84 Å². The van der Waals surface area contributed by atoms with E-state index in [2.05, 4.69) is 16.4 Å². The Balaban J connectivity index is 1.54. The van der Waals surface area contributed by atoms with E-state index in [0.29, 0.717) is 40.9 Å². The molecule has 1 amide bonds. The number of carbonyl (C=O) groups is 2. The second-order valence-electron chi connectivity index (χ2n) is 10.6. The van der Waals surface area contributed by atoms with Gasteiger partial charge in [0.25, 0.3) is 11.5 Å². The zero-order valence-electron chi connectivity index (χ0n) is 20.9. The SMILES string of the molecule is CC(C)(C)N1Cc2cc(Nc3nn(C4(CC#N)CCC(C(=O)O)OC4)c4cc[nH]c(=O)c34)ccc2C1=O. The molecule has 0 aliphatic carbocycles. The second-order valence-corrected chi connectivity index (χ2v) is 10.6. The van der Waals surface area contributed by atoms with Crippen molar-refractivity contribution in [3.8, 4) is 6.07 Å². The topological polar surface area (TPSA) is 153 Å². The number of anilines is 2. The van der Waals surface area contributed by atoms with Gasteiger partial charge in [0.05, 0.1) is 30.2 Å². The van der Waals surface area contributed by atoms with Gasteiger partial charge in [-0.05, 0) is 63.4 Å². The van der Waals surface area contributed by atoms with Gasteiger partial charge in [-0.3, -0.25) is 14.3 Å². The third-order valence-corrected chi connectivity index (χ3v) is 7.14. The Bertz CT molecular complexity index is 1500. The number of amides is 1. The molecule has 2 aliphatic rings. The number of nitriles is 1. The highest BCUT2D eigenvalue weighted by Gasteiger charge is 2.42. The van der Waals surface area contributed by atoms with Gasteiger partial charge in [-0.25, -0.2) is 4.79 Å². The molecule has 0 spiro atoms. The van der Waals surface area contributed by atoms with Crippen molar-refractivity contribution in [3.63, 3.8) is 0 Å². The third kappa shape index (κ3) is 4.13. The molecule has 192 valence electrons. The van der Waals surface area contributed by atoms with Gasteiger partial charge in [0.2, 0.25) is 0 Å². The quantitative estimate of drug-likeness (QED) is 0.479. The van der Waals surface area contributed by atoms with Crippen LogP contribution in [0.1, 0.15) is 56.0 Å². The first-order valence-electron chi connectivity index (χ1n) is 12.1. The zero-order valence-corrected chi connectivity index (χ0v) is 20.9. The number of carboxylic acids is 1. The molecule has 5 rings (SSSR count). The fourth-order valence-corrected chi connectivity index (χ4v) is 5.14. The van der Waals surface area contributed by atoms with Crippen molar-refractivity contribution >= 4 is 34.3 Å². The number of nitrogens with zero attached hydrogens (tertiary/aromatic N) is 4. The summed E-state index contributed by atoms with van der Waals surface area (Å²) < 4.78 is 7.24. The predicted molar refractivity (Wildman–Crippen MR) is 135 cm³/mol. The minimum atomic E-state index is -1.05. The number of nitrogens with one attached hydrogen (secondary N) is 2. The van der Waals surface area contributed by atoms with Crippen molar-refractivity contribution < 1.29 is 19.4 Å². The van der Waals surface area contributed by atoms with Crippen LogP contribution < -0.4 is 10.9 Å². The minimum Gasteiger partial charge on any atom is -0.479 e. The molecule has 1 fully saturated rings. The first-order chi connectivity index (χ1) is 17.5. The number of carboxylic acid groups (broad SMARTS) is 1. The molecule has 11 nitrogen and oxygen atoms in total. The summed E-state index contributed by atoms with van der Waals surface area (Å²) in [5.41, 5.74) is 1.10. The lowest BCUT2D eigenvalue weighted by Crippen LogP contribution is -2.46. The molecule has 0 radical (unpaired) electrons. The Morgan fingerprint density at radius 1 is 1.35 bits per heavy atom. The van der Waals surface area contributed by atoms with Gasteiger partial charge in [-0.1, -0.05) is 0 Å². The van der Waals surface area contributed by atoms with Crippen molar-refractivity contribution in [2.75, 3.05) is 11.9 Å². The number of pyridine rings is 1. The Morgan fingerprint density at radius 3 is 2.78 bits per heavy atom. The first-order valence-corrected chi connectivity index (χ1v) is 12.1. The standard InChI is InChI=1S/C26H28N6O5/c1-25(2,3)31-13-15-12-16(4-5-17(15)23(31)34)29-21-20-18(7-11-28-22(20)33)32(30-21)26(9-10-27)8-6-19(24(35)36)37-14-26/h4-5,7,11-12,19H,6,8-9,13-14H2,1-3H3,(H,28,33)(H,29,30)(H,35,36). The van der Waals surface area contributed by atoms with Crippen LogP contribution in [0.3, 0.4) is 0 Å². The molecular weight excluding hydrogens is 476 g/mol. The van der Waals surface area contributed by atoms with Crippen molar-refractivity contribution in [3.05, 3.63) is 51.9 Å². The van der Waals surface area contributed by atoms with E-state index in [1.54, 1.807) is 22.9 Å². The lowest BCUT2D eigenvalue weighted by molar-refractivity contribution is -0.158. The predicted octanol–water partition coefficient (Wildman–Crippen LogP) is 3.10. The highest BCUT2D eigenvalue weighted by molar-refractivity contribution is 5.99. The molecule has 2 aromatic heterocycles. The van der Waals surface area contributed by atoms with Crippen LogP contribution in [0, 0.1) is 11.3 Å². The maximum absolute atomic E-state index is 12.9. The molecular formula is C26H28N6O5. The fraction of sp³-hybridized carbons (Fsp3) is 0.423. The van der Waals surface area contributed by atoms with Crippen LogP contribution in [-0.2, 0) is 21.6 Å².